The minimum Gasteiger partial charge on any atom is -0.481 e. The fraction of sp³-hybridized carbons (Fsp3) is 0.143. The molecule has 0 radical (unpaired) electrons. The number of imidazole rings is 1. The normalized spacial score (nSPS) is 10.8. The van der Waals surface area contributed by atoms with Crippen LogP contribution in [0.3, 0.4) is 0 Å². The van der Waals surface area contributed by atoms with E-state index in [4.69, 9.17) is 10.5 Å². The molecule has 2 aromatic heterocycles. The van der Waals surface area contributed by atoms with E-state index in [0.717, 1.165) is 16.6 Å². The number of nitrogens with two attached hydrogens (primary N) is 1. The third-order valence-electron chi connectivity index (χ3n) is 3.03. The van der Waals surface area contributed by atoms with Crippen LogP contribution in [0.4, 0.5) is 5.95 Å². The van der Waals surface area contributed by atoms with E-state index in [0.29, 0.717) is 18.4 Å². The third kappa shape index (κ3) is 2.10. The van der Waals surface area contributed by atoms with Gasteiger partial charge in [-0.3, -0.25) is 0 Å². The predicted molar refractivity (Wildman–Crippen MR) is 74.0 cm³/mol. The Morgan fingerprint density at radius 1 is 1.26 bits per heavy atom. The van der Waals surface area contributed by atoms with Gasteiger partial charge in [0.05, 0.1) is 24.7 Å². The molecule has 1 aromatic carbocycles. The van der Waals surface area contributed by atoms with E-state index in [2.05, 4.69) is 9.97 Å². The van der Waals surface area contributed by atoms with E-state index < -0.39 is 0 Å². The van der Waals surface area contributed by atoms with Crippen LogP contribution in [0.1, 0.15) is 5.56 Å². The number of hydrogen-bond acceptors (Lipinski definition) is 4. The second-order valence-electron chi connectivity index (χ2n) is 4.25. The Morgan fingerprint density at radius 2 is 2.11 bits per heavy atom. The van der Waals surface area contributed by atoms with E-state index in [9.17, 15) is 0 Å². The second-order valence-corrected chi connectivity index (χ2v) is 4.25. The highest BCUT2D eigenvalue weighted by molar-refractivity contribution is 5.78. The number of fused-ring (bicyclic) bond motifs is 1. The zero-order valence-electron chi connectivity index (χ0n) is 10.6. The zero-order valence-corrected chi connectivity index (χ0v) is 10.6. The minimum absolute atomic E-state index is 0.511. The highest BCUT2D eigenvalue weighted by atomic mass is 16.5. The first-order valence-corrected chi connectivity index (χ1v) is 5.97. The first-order valence-electron chi connectivity index (χ1n) is 5.97. The molecule has 0 fully saturated rings. The molecule has 0 saturated heterocycles. The Hall–Kier alpha value is -2.56. The van der Waals surface area contributed by atoms with Crippen molar-refractivity contribution in [2.45, 2.75) is 6.54 Å². The fourth-order valence-corrected chi connectivity index (χ4v) is 2.10. The van der Waals surface area contributed by atoms with Crippen LogP contribution >= 0.6 is 0 Å². The van der Waals surface area contributed by atoms with Crippen molar-refractivity contribution < 1.29 is 4.74 Å². The number of anilines is 1. The molecule has 3 rings (SSSR count). The molecular weight excluding hydrogens is 240 g/mol. The van der Waals surface area contributed by atoms with Crippen molar-refractivity contribution in [3.8, 4) is 5.88 Å². The average molecular weight is 254 g/mol. The topological polar surface area (TPSA) is 66.0 Å². The molecule has 0 atom stereocenters. The van der Waals surface area contributed by atoms with Crippen LogP contribution in [0.15, 0.2) is 42.6 Å². The van der Waals surface area contributed by atoms with Crippen LogP contribution in [0.25, 0.3) is 11.0 Å². The second kappa shape index (κ2) is 4.61. The Morgan fingerprint density at radius 3 is 2.95 bits per heavy atom. The van der Waals surface area contributed by atoms with Crippen LogP contribution < -0.4 is 10.5 Å². The quantitative estimate of drug-likeness (QED) is 0.777. The summed E-state index contributed by atoms with van der Waals surface area (Å²) in [5, 5.41) is 0. The van der Waals surface area contributed by atoms with Gasteiger partial charge in [-0.25, -0.2) is 9.97 Å². The minimum atomic E-state index is 0.511. The lowest BCUT2D eigenvalue weighted by Gasteiger charge is -2.07. The summed E-state index contributed by atoms with van der Waals surface area (Å²) in [6.07, 6.45) is 1.73. The van der Waals surface area contributed by atoms with Gasteiger partial charge in [0.25, 0.3) is 0 Å². The van der Waals surface area contributed by atoms with Gasteiger partial charge in [-0.2, -0.15) is 0 Å². The molecule has 96 valence electrons. The molecule has 0 aliphatic carbocycles. The van der Waals surface area contributed by atoms with Crippen molar-refractivity contribution in [1.29, 1.82) is 0 Å². The maximum Gasteiger partial charge on any atom is 0.213 e. The summed E-state index contributed by atoms with van der Waals surface area (Å²) >= 11 is 0. The number of nitrogen functional groups attached to an aromatic ring is 1. The lowest BCUT2D eigenvalue weighted by Crippen LogP contribution is -2.05. The maximum atomic E-state index is 5.98. The molecule has 2 N–H and O–H groups in total. The third-order valence-corrected chi connectivity index (χ3v) is 3.03. The number of rotatable bonds is 3. The van der Waals surface area contributed by atoms with Gasteiger partial charge in [0.15, 0.2) is 0 Å². The van der Waals surface area contributed by atoms with Crippen molar-refractivity contribution in [3.63, 3.8) is 0 Å². The van der Waals surface area contributed by atoms with Crippen LogP contribution in [0.5, 0.6) is 5.88 Å². The molecule has 0 bridgehead atoms. The van der Waals surface area contributed by atoms with Gasteiger partial charge < -0.3 is 15.0 Å². The van der Waals surface area contributed by atoms with Gasteiger partial charge in [0.1, 0.15) is 0 Å². The van der Waals surface area contributed by atoms with E-state index in [-0.39, 0.29) is 0 Å². The standard InChI is InChI=1S/C14H14N4O/c1-19-13-8-10(6-7-16-13)9-18-12-5-3-2-4-11(12)17-14(18)15/h2-8H,9H2,1H3,(H2,15,17). The Balaban J connectivity index is 2.02. The number of pyridine rings is 1. The van der Waals surface area contributed by atoms with E-state index in [1.807, 2.05) is 41.0 Å². The van der Waals surface area contributed by atoms with Crippen molar-refractivity contribution >= 4 is 17.0 Å². The molecule has 0 spiro atoms. The van der Waals surface area contributed by atoms with Crippen LogP contribution in [-0.4, -0.2) is 21.6 Å². The summed E-state index contributed by atoms with van der Waals surface area (Å²) < 4.78 is 7.10. The summed E-state index contributed by atoms with van der Waals surface area (Å²) in [7, 11) is 1.60. The number of ether oxygens (including phenoxy) is 1. The largest absolute Gasteiger partial charge is 0.481 e. The highest BCUT2D eigenvalue weighted by Gasteiger charge is 2.08. The first-order chi connectivity index (χ1) is 9.28. The van der Waals surface area contributed by atoms with Crippen molar-refractivity contribution in [3.05, 3.63) is 48.2 Å². The number of aromatic nitrogens is 3. The molecule has 5 nitrogen and oxygen atoms in total. The van der Waals surface area contributed by atoms with Gasteiger partial charge in [-0.05, 0) is 23.8 Å². The van der Waals surface area contributed by atoms with Crippen molar-refractivity contribution in [1.82, 2.24) is 14.5 Å². The Labute approximate surface area is 110 Å². The Kier molecular flexibility index (Phi) is 2.79. The molecule has 0 unspecified atom stereocenters. The van der Waals surface area contributed by atoms with Crippen LogP contribution in [0.2, 0.25) is 0 Å². The summed E-state index contributed by atoms with van der Waals surface area (Å²) in [4.78, 5) is 8.44. The fourth-order valence-electron chi connectivity index (χ4n) is 2.10. The predicted octanol–water partition coefficient (Wildman–Crippen LogP) is 2.07. The molecule has 5 heteroatoms. The Bertz CT molecular complexity index is 720. The molecular formula is C14H14N4O. The molecule has 3 aromatic rings. The van der Waals surface area contributed by atoms with Gasteiger partial charge >= 0.3 is 0 Å². The van der Waals surface area contributed by atoms with Crippen LogP contribution in [-0.2, 0) is 6.54 Å². The van der Waals surface area contributed by atoms with Gasteiger partial charge in [0, 0.05) is 12.3 Å². The number of hydrogen-bond donors (Lipinski definition) is 1. The summed E-state index contributed by atoms with van der Waals surface area (Å²) in [6, 6.07) is 11.7. The summed E-state index contributed by atoms with van der Waals surface area (Å²) in [5.74, 6) is 1.11. The first kappa shape index (κ1) is 11.5. The van der Waals surface area contributed by atoms with Crippen molar-refractivity contribution in [2.24, 2.45) is 0 Å². The monoisotopic (exact) mass is 254 g/mol. The molecule has 2 heterocycles. The number of methoxy groups -OCH3 is 1. The van der Waals surface area contributed by atoms with Gasteiger partial charge in [0.2, 0.25) is 11.8 Å². The molecule has 0 amide bonds. The van der Waals surface area contributed by atoms with E-state index in [1.54, 1.807) is 13.3 Å². The molecule has 0 saturated carbocycles. The smallest absolute Gasteiger partial charge is 0.213 e. The zero-order chi connectivity index (χ0) is 13.2. The molecule has 0 aliphatic rings. The number of nitrogens with zero attached hydrogens (tertiary/aromatic N) is 3. The SMILES string of the molecule is COc1cc(Cn2c(N)nc3ccccc32)ccn1. The van der Waals surface area contributed by atoms with E-state index in [1.165, 1.54) is 0 Å². The maximum absolute atomic E-state index is 5.98. The van der Waals surface area contributed by atoms with E-state index >= 15 is 0 Å². The molecule has 19 heavy (non-hydrogen) atoms. The number of para-hydroxylation sites is 2. The number of benzene rings is 1. The summed E-state index contributed by atoms with van der Waals surface area (Å²) in [6.45, 7) is 0.644. The summed E-state index contributed by atoms with van der Waals surface area (Å²) in [5.41, 5.74) is 8.98. The highest BCUT2D eigenvalue weighted by Crippen LogP contribution is 2.19. The van der Waals surface area contributed by atoms with Crippen molar-refractivity contribution in [2.75, 3.05) is 12.8 Å². The lowest BCUT2D eigenvalue weighted by atomic mass is 10.2. The lowest BCUT2D eigenvalue weighted by molar-refractivity contribution is 0.397. The van der Waals surface area contributed by atoms with Gasteiger partial charge in [-0.1, -0.05) is 12.1 Å². The average Bonchev–Trinajstić information content (AvgIpc) is 2.76. The molecule has 0 aliphatic heterocycles. The van der Waals surface area contributed by atoms with Crippen LogP contribution in [0, 0.1) is 0 Å². The van der Waals surface area contributed by atoms with Gasteiger partial charge in [-0.15, -0.1) is 0 Å².